The summed E-state index contributed by atoms with van der Waals surface area (Å²) in [5.74, 6) is 0.362. The zero-order valence-electron chi connectivity index (χ0n) is 9.75. The van der Waals surface area contributed by atoms with Gasteiger partial charge >= 0.3 is 5.97 Å². The van der Waals surface area contributed by atoms with Gasteiger partial charge in [0.25, 0.3) is 0 Å². The Morgan fingerprint density at radius 3 is 2.29 bits per heavy atom. The number of carbonyl (C=O) groups is 1. The van der Waals surface area contributed by atoms with Crippen molar-refractivity contribution in [3.8, 4) is 0 Å². The lowest BCUT2D eigenvalue weighted by atomic mass is 10.1. The minimum Gasteiger partial charge on any atom is -0.462 e. The molecule has 2 N–H and O–H groups in total. The molecule has 0 aliphatic carbocycles. The standard InChI is InChI=1S/C11H23NO2/c1-8(2)7-10(4)14-11(13)9(3)5-6-12/h8-10H,5-7,12H2,1-4H3. The van der Waals surface area contributed by atoms with Crippen LogP contribution < -0.4 is 5.73 Å². The topological polar surface area (TPSA) is 52.3 Å². The second kappa shape index (κ2) is 6.82. The molecule has 0 aromatic rings. The number of esters is 1. The first-order chi connectivity index (χ1) is 6.47. The SMILES string of the molecule is CC(C)CC(C)OC(=O)C(C)CCN. The van der Waals surface area contributed by atoms with E-state index >= 15 is 0 Å². The highest BCUT2D eigenvalue weighted by molar-refractivity contribution is 5.72. The molecule has 3 heteroatoms. The van der Waals surface area contributed by atoms with Gasteiger partial charge in [0, 0.05) is 0 Å². The molecule has 2 atom stereocenters. The average molecular weight is 201 g/mol. The molecular weight excluding hydrogens is 178 g/mol. The summed E-state index contributed by atoms with van der Waals surface area (Å²) in [5.41, 5.74) is 5.37. The van der Waals surface area contributed by atoms with E-state index < -0.39 is 0 Å². The molecule has 2 unspecified atom stereocenters. The summed E-state index contributed by atoms with van der Waals surface area (Å²) in [6.45, 7) is 8.57. The summed E-state index contributed by atoms with van der Waals surface area (Å²) in [7, 11) is 0. The van der Waals surface area contributed by atoms with Crippen molar-refractivity contribution in [2.75, 3.05) is 6.54 Å². The van der Waals surface area contributed by atoms with Crippen molar-refractivity contribution < 1.29 is 9.53 Å². The van der Waals surface area contributed by atoms with Gasteiger partial charge in [0.15, 0.2) is 0 Å². The van der Waals surface area contributed by atoms with Crippen molar-refractivity contribution in [2.24, 2.45) is 17.6 Å². The van der Waals surface area contributed by atoms with E-state index in [9.17, 15) is 4.79 Å². The first kappa shape index (κ1) is 13.4. The molecule has 0 aliphatic heterocycles. The van der Waals surface area contributed by atoms with E-state index in [-0.39, 0.29) is 18.0 Å². The van der Waals surface area contributed by atoms with E-state index in [0.717, 1.165) is 6.42 Å². The Morgan fingerprint density at radius 1 is 1.29 bits per heavy atom. The van der Waals surface area contributed by atoms with Crippen molar-refractivity contribution in [2.45, 2.75) is 46.6 Å². The van der Waals surface area contributed by atoms with Gasteiger partial charge in [-0.05, 0) is 32.2 Å². The Bertz CT molecular complexity index is 169. The third-order valence-corrected chi connectivity index (χ3v) is 2.12. The highest BCUT2D eigenvalue weighted by atomic mass is 16.5. The molecule has 0 amide bonds. The number of carbonyl (C=O) groups excluding carboxylic acids is 1. The Labute approximate surface area is 87.0 Å². The minimum absolute atomic E-state index is 0.0164. The second-order valence-electron chi connectivity index (χ2n) is 4.36. The highest BCUT2D eigenvalue weighted by Gasteiger charge is 2.16. The van der Waals surface area contributed by atoms with E-state index in [1.807, 2.05) is 13.8 Å². The summed E-state index contributed by atoms with van der Waals surface area (Å²) >= 11 is 0. The predicted octanol–water partition coefficient (Wildman–Crippen LogP) is 1.95. The van der Waals surface area contributed by atoms with Crippen LogP contribution in [-0.4, -0.2) is 18.6 Å². The molecule has 0 rings (SSSR count). The Balaban J connectivity index is 3.80. The molecule has 0 saturated carbocycles. The molecule has 14 heavy (non-hydrogen) atoms. The highest BCUT2D eigenvalue weighted by Crippen LogP contribution is 2.11. The third kappa shape index (κ3) is 5.97. The quantitative estimate of drug-likeness (QED) is 0.668. The molecular formula is C11H23NO2. The van der Waals surface area contributed by atoms with Crippen LogP contribution in [0.1, 0.15) is 40.5 Å². The van der Waals surface area contributed by atoms with E-state index in [2.05, 4.69) is 13.8 Å². The van der Waals surface area contributed by atoms with Crippen LogP contribution in [0.5, 0.6) is 0 Å². The van der Waals surface area contributed by atoms with E-state index in [1.54, 1.807) is 0 Å². The molecule has 0 aliphatic rings. The summed E-state index contributed by atoms with van der Waals surface area (Å²) in [5, 5.41) is 0. The van der Waals surface area contributed by atoms with Crippen LogP contribution in [0.4, 0.5) is 0 Å². The van der Waals surface area contributed by atoms with Crippen LogP contribution in [0.15, 0.2) is 0 Å². The fraction of sp³-hybridized carbons (Fsp3) is 0.909. The van der Waals surface area contributed by atoms with Gasteiger partial charge in [0.2, 0.25) is 0 Å². The minimum atomic E-state index is -0.122. The van der Waals surface area contributed by atoms with E-state index in [0.29, 0.717) is 18.9 Å². The lowest BCUT2D eigenvalue weighted by molar-refractivity contribution is -0.153. The van der Waals surface area contributed by atoms with Gasteiger partial charge in [-0.3, -0.25) is 4.79 Å². The monoisotopic (exact) mass is 201 g/mol. The number of hydrogen-bond donors (Lipinski definition) is 1. The van der Waals surface area contributed by atoms with Gasteiger partial charge in [-0.25, -0.2) is 0 Å². The molecule has 3 nitrogen and oxygen atoms in total. The maximum absolute atomic E-state index is 11.4. The zero-order valence-corrected chi connectivity index (χ0v) is 9.75. The van der Waals surface area contributed by atoms with Gasteiger partial charge in [-0.2, -0.15) is 0 Å². The van der Waals surface area contributed by atoms with Crippen molar-refractivity contribution in [3.05, 3.63) is 0 Å². The largest absolute Gasteiger partial charge is 0.462 e. The third-order valence-electron chi connectivity index (χ3n) is 2.12. The van der Waals surface area contributed by atoms with E-state index in [4.69, 9.17) is 10.5 Å². The lowest BCUT2D eigenvalue weighted by Gasteiger charge is -2.17. The van der Waals surface area contributed by atoms with Gasteiger partial charge in [0.1, 0.15) is 0 Å². The molecule has 0 aromatic heterocycles. The molecule has 0 spiro atoms. The van der Waals surface area contributed by atoms with Gasteiger partial charge in [0.05, 0.1) is 12.0 Å². The van der Waals surface area contributed by atoms with Crippen molar-refractivity contribution in [3.63, 3.8) is 0 Å². The zero-order chi connectivity index (χ0) is 11.1. The number of nitrogens with two attached hydrogens (primary N) is 1. The molecule has 0 radical (unpaired) electrons. The second-order valence-corrected chi connectivity index (χ2v) is 4.36. The number of hydrogen-bond acceptors (Lipinski definition) is 3. The molecule has 0 saturated heterocycles. The molecule has 0 bridgehead atoms. The van der Waals surface area contributed by atoms with Crippen molar-refractivity contribution >= 4 is 5.97 Å². The first-order valence-corrected chi connectivity index (χ1v) is 5.38. The van der Waals surface area contributed by atoms with Crippen LogP contribution in [0.25, 0.3) is 0 Å². The van der Waals surface area contributed by atoms with Crippen molar-refractivity contribution in [1.82, 2.24) is 0 Å². The van der Waals surface area contributed by atoms with Crippen molar-refractivity contribution in [1.29, 1.82) is 0 Å². The van der Waals surface area contributed by atoms with Crippen LogP contribution in [0, 0.1) is 11.8 Å². The Hall–Kier alpha value is -0.570. The summed E-state index contributed by atoms with van der Waals surface area (Å²) < 4.78 is 5.28. The average Bonchev–Trinajstić information content (AvgIpc) is 2.02. The Kier molecular flexibility index (Phi) is 6.54. The van der Waals surface area contributed by atoms with Gasteiger partial charge in [-0.15, -0.1) is 0 Å². The smallest absolute Gasteiger partial charge is 0.308 e. The van der Waals surface area contributed by atoms with Gasteiger partial charge in [-0.1, -0.05) is 20.8 Å². The Morgan fingerprint density at radius 2 is 1.86 bits per heavy atom. The lowest BCUT2D eigenvalue weighted by Crippen LogP contribution is -2.23. The molecule has 0 heterocycles. The van der Waals surface area contributed by atoms with Crippen LogP contribution in [0.2, 0.25) is 0 Å². The van der Waals surface area contributed by atoms with E-state index in [1.165, 1.54) is 0 Å². The summed E-state index contributed by atoms with van der Waals surface area (Å²) in [6.07, 6.45) is 1.64. The van der Waals surface area contributed by atoms with Crippen LogP contribution >= 0.6 is 0 Å². The fourth-order valence-corrected chi connectivity index (χ4v) is 1.39. The predicted molar refractivity (Wildman–Crippen MR) is 57.8 cm³/mol. The van der Waals surface area contributed by atoms with Gasteiger partial charge < -0.3 is 10.5 Å². The maximum Gasteiger partial charge on any atom is 0.308 e. The van der Waals surface area contributed by atoms with Crippen LogP contribution in [-0.2, 0) is 9.53 Å². The fourth-order valence-electron chi connectivity index (χ4n) is 1.39. The summed E-state index contributed by atoms with van der Waals surface area (Å²) in [6, 6.07) is 0. The number of ether oxygens (including phenoxy) is 1. The normalized spacial score (nSPS) is 15.3. The molecule has 0 aromatic carbocycles. The van der Waals surface area contributed by atoms with Crippen LogP contribution in [0.3, 0.4) is 0 Å². The first-order valence-electron chi connectivity index (χ1n) is 5.38. The number of rotatable bonds is 6. The molecule has 84 valence electrons. The summed E-state index contributed by atoms with van der Waals surface area (Å²) in [4.78, 5) is 11.4. The molecule has 0 fully saturated rings. The maximum atomic E-state index is 11.4.